The van der Waals surface area contributed by atoms with Crippen molar-refractivity contribution in [2.24, 2.45) is 0 Å². The lowest BCUT2D eigenvalue weighted by atomic mass is 10.3. The van der Waals surface area contributed by atoms with E-state index in [-0.39, 0.29) is 5.75 Å². The summed E-state index contributed by atoms with van der Waals surface area (Å²) in [6, 6.07) is 8.60. The summed E-state index contributed by atoms with van der Waals surface area (Å²) < 4.78 is 25.4. The van der Waals surface area contributed by atoms with Crippen LogP contribution in [0.25, 0.3) is 0 Å². The zero-order valence-corrected chi connectivity index (χ0v) is 11.2. The highest BCUT2D eigenvalue weighted by atomic mass is 127. The number of hydrogen-bond donors (Lipinski definition) is 0. The van der Waals surface area contributed by atoms with Gasteiger partial charge in [-0.15, -0.1) is 0 Å². The van der Waals surface area contributed by atoms with Crippen LogP contribution in [-0.4, -0.2) is 14.2 Å². The third-order valence-electron chi connectivity index (χ3n) is 1.98. The predicted octanol–water partition coefficient (Wildman–Crippen LogP) is 3.19. The van der Waals surface area contributed by atoms with Gasteiger partial charge in [-0.2, -0.15) is 0 Å². The van der Waals surface area contributed by atoms with Crippen LogP contribution in [-0.2, 0) is 9.84 Å². The summed E-state index contributed by atoms with van der Waals surface area (Å²) in [6.07, 6.45) is 3.47. The Kier molecular flexibility index (Phi) is 5.31. The molecule has 0 fully saturated rings. The average Bonchev–Trinajstić information content (AvgIpc) is 2.26. The summed E-state index contributed by atoms with van der Waals surface area (Å²) in [5.74, 6) is 0.220. The zero-order valence-electron chi connectivity index (χ0n) is 8.27. The maximum atomic E-state index is 11.8. The molecule has 4 heteroatoms. The van der Waals surface area contributed by atoms with Crippen LogP contribution < -0.4 is 0 Å². The second-order valence-electron chi connectivity index (χ2n) is 3.14. The lowest BCUT2D eigenvalue weighted by Gasteiger charge is -2.02. The minimum absolute atomic E-state index is 0.220. The van der Waals surface area contributed by atoms with Gasteiger partial charge in [0.05, 0.1) is 10.6 Å². The normalized spacial score (nSPS) is 12.1. The van der Waals surface area contributed by atoms with E-state index in [0.29, 0.717) is 11.3 Å². The van der Waals surface area contributed by atoms with E-state index in [1.165, 1.54) is 0 Å². The molecule has 0 heterocycles. The van der Waals surface area contributed by atoms with Gasteiger partial charge in [-0.25, -0.2) is 8.42 Å². The number of hydrogen-bond acceptors (Lipinski definition) is 2. The molecule has 0 radical (unpaired) electrons. The summed E-state index contributed by atoms with van der Waals surface area (Å²) >= 11 is 2.13. The molecule has 2 nitrogen and oxygen atoms in total. The maximum Gasteiger partial charge on any atom is 0.178 e. The highest BCUT2D eigenvalue weighted by Crippen LogP contribution is 2.12. The van der Waals surface area contributed by atoms with Crippen molar-refractivity contribution >= 4 is 32.4 Å². The van der Waals surface area contributed by atoms with Crippen LogP contribution >= 0.6 is 22.6 Å². The summed E-state index contributed by atoms with van der Waals surface area (Å²) in [5.41, 5.74) is 0. The molecule has 1 rings (SSSR count). The molecular weight excluding hydrogens is 323 g/mol. The van der Waals surface area contributed by atoms with E-state index in [2.05, 4.69) is 22.6 Å². The molecule has 1 aromatic rings. The fourth-order valence-corrected chi connectivity index (χ4v) is 2.91. The van der Waals surface area contributed by atoms with E-state index in [4.69, 9.17) is 0 Å². The number of rotatable bonds is 5. The number of benzene rings is 1. The minimum atomic E-state index is -3.08. The van der Waals surface area contributed by atoms with Gasteiger partial charge in [0, 0.05) is 0 Å². The molecule has 1 aromatic carbocycles. The standard InChI is InChI=1S/C11H13IO2S/c12-9-5-2-6-10-15(13,14)11-7-3-1-4-8-11/h1,3-5,7-9H,2,6,10H2/b9-5+. The van der Waals surface area contributed by atoms with Crippen LogP contribution in [0.2, 0.25) is 0 Å². The van der Waals surface area contributed by atoms with Gasteiger partial charge in [0.1, 0.15) is 0 Å². The number of sulfone groups is 1. The molecule has 0 saturated carbocycles. The Morgan fingerprint density at radius 2 is 1.87 bits per heavy atom. The van der Waals surface area contributed by atoms with E-state index in [1.807, 2.05) is 16.2 Å². The van der Waals surface area contributed by atoms with Crippen LogP contribution in [0.15, 0.2) is 45.4 Å². The summed E-state index contributed by atoms with van der Waals surface area (Å²) in [7, 11) is -3.08. The van der Waals surface area contributed by atoms with Crippen LogP contribution in [0.5, 0.6) is 0 Å². The van der Waals surface area contributed by atoms with Crippen molar-refractivity contribution in [3.05, 3.63) is 40.5 Å². The molecule has 0 unspecified atom stereocenters. The topological polar surface area (TPSA) is 34.1 Å². The number of allylic oxidation sites excluding steroid dienone is 1. The van der Waals surface area contributed by atoms with Crippen molar-refractivity contribution in [2.45, 2.75) is 17.7 Å². The molecule has 15 heavy (non-hydrogen) atoms. The lowest BCUT2D eigenvalue weighted by Crippen LogP contribution is -2.06. The van der Waals surface area contributed by atoms with E-state index in [1.54, 1.807) is 24.3 Å². The van der Waals surface area contributed by atoms with Gasteiger partial charge in [-0.05, 0) is 29.1 Å². The fraction of sp³-hybridized carbons (Fsp3) is 0.273. The number of halogens is 1. The molecule has 0 saturated heterocycles. The molecule has 0 aliphatic heterocycles. The Bertz CT molecular complexity index is 409. The smallest absolute Gasteiger partial charge is 0.178 e. The van der Waals surface area contributed by atoms with Gasteiger partial charge in [-0.3, -0.25) is 0 Å². The van der Waals surface area contributed by atoms with Crippen molar-refractivity contribution in [2.75, 3.05) is 5.75 Å². The van der Waals surface area contributed by atoms with E-state index < -0.39 is 9.84 Å². The van der Waals surface area contributed by atoms with Gasteiger partial charge in [0.25, 0.3) is 0 Å². The third-order valence-corrected chi connectivity index (χ3v) is 4.30. The van der Waals surface area contributed by atoms with Crippen LogP contribution in [0, 0.1) is 0 Å². The Morgan fingerprint density at radius 1 is 1.20 bits per heavy atom. The molecule has 0 atom stereocenters. The molecule has 0 aromatic heterocycles. The van der Waals surface area contributed by atoms with Gasteiger partial charge in [-0.1, -0.05) is 46.9 Å². The Balaban J connectivity index is 2.61. The van der Waals surface area contributed by atoms with Crippen LogP contribution in [0.4, 0.5) is 0 Å². The first-order valence-corrected chi connectivity index (χ1v) is 7.59. The van der Waals surface area contributed by atoms with Crippen LogP contribution in [0.3, 0.4) is 0 Å². The van der Waals surface area contributed by atoms with Crippen molar-refractivity contribution in [3.8, 4) is 0 Å². The predicted molar refractivity (Wildman–Crippen MR) is 70.9 cm³/mol. The highest BCUT2D eigenvalue weighted by molar-refractivity contribution is 14.1. The Labute approximate surface area is 104 Å². The Hall–Kier alpha value is -0.360. The van der Waals surface area contributed by atoms with Crippen molar-refractivity contribution in [1.82, 2.24) is 0 Å². The summed E-state index contributed by atoms with van der Waals surface area (Å²) in [4.78, 5) is 0.420. The molecule has 82 valence electrons. The summed E-state index contributed by atoms with van der Waals surface area (Å²) in [6.45, 7) is 0. The van der Waals surface area contributed by atoms with Crippen molar-refractivity contribution < 1.29 is 8.42 Å². The highest BCUT2D eigenvalue weighted by Gasteiger charge is 2.12. The van der Waals surface area contributed by atoms with Gasteiger partial charge >= 0.3 is 0 Å². The first kappa shape index (κ1) is 12.7. The molecule has 0 aliphatic rings. The summed E-state index contributed by atoms with van der Waals surface area (Å²) in [5, 5.41) is 0. The Morgan fingerprint density at radius 3 is 2.47 bits per heavy atom. The first-order chi connectivity index (χ1) is 7.17. The largest absolute Gasteiger partial charge is 0.224 e. The van der Waals surface area contributed by atoms with Gasteiger partial charge < -0.3 is 0 Å². The van der Waals surface area contributed by atoms with Gasteiger partial charge in [0.15, 0.2) is 9.84 Å². The molecule has 0 amide bonds. The minimum Gasteiger partial charge on any atom is -0.224 e. The molecular formula is C11H13IO2S. The fourth-order valence-electron chi connectivity index (χ4n) is 1.20. The van der Waals surface area contributed by atoms with E-state index in [9.17, 15) is 8.42 Å². The lowest BCUT2D eigenvalue weighted by molar-refractivity contribution is 0.593. The molecule has 0 bridgehead atoms. The van der Waals surface area contributed by atoms with Crippen LogP contribution in [0.1, 0.15) is 12.8 Å². The first-order valence-electron chi connectivity index (χ1n) is 4.70. The quantitative estimate of drug-likeness (QED) is 0.611. The van der Waals surface area contributed by atoms with E-state index >= 15 is 0 Å². The van der Waals surface area contributed by atoms with E-state index in [0.717, 1.165) is 6.42 Å². The zero-order chi connectivity index (χ0) is 11.1. The monoisotopic (exact) mass is 336 g/mol. The second kappa shape index (κ2) is 6.27. The second-order valence-corrected chi connectivity index (χ2v) is 5.96. The third kappa shape index (κ3) is 4.34. The van der Waals surface area contributed by atoms with Gasteiger partial charge in [0.2, 0.25) is 0 Å². The van der Waals surface area contributed by atoms with Crippen molar-refractivity contribution in [3.63, 3.8) is 0 Å². The maximum absolute atomic E-state index is 11.8. The molecule has 0 N–H and O–H groups in total. The molecule has 0 spiro atoms. The van der Waals surface area contributed by atoms with Crippen molar-refractivity contribution in [1.29, 1.82) is 0 Å². The average molecular weight is 336 g/mol. The number of unbranched alkanes of at least 4 members (excludes halogenated alkanes) is 1. The molecule has 0 aliphatic carbocycles. The SMILES string of the molecule is O=S(=O)(CCC/C=C/I)c1ccccc1.